The molecule has 0 unspecified atom stereocenters. The molecule has 0 fully saturated rings. The Balaban J connectivity index is 1.32. The molecule has 0 aliphatic rings. The molecule has 0 radical (unpaired) electrons. The van der Waals surface area contributed by atoms with Gasteiger partial charge in [0.1, 0.15) is 18.1 Å². The lowest BCUT2D eigenvalue weighted by molar-refractivity contribution is 0.0946. The van der Waals surface area contributed by atoms with Crippen LogP contribution in [0.5, 0.6) is 17.4 Å². The van der Waals surface area contributed by atoms with Crippen molar-refractivity contribution < 1.29 is 19.0 Å². The van der Waals surface area contributed by atoms with E-state index in [1.165, 1.54) is 0 Å². The Morgan fingerprint density at radius 2 is 1.82 bits per heavy atom. The first-order valence-electron chi connectivity index (χ1n) is 11.2. The van der Waals surface area contributed by atoms with Crippen LogP contribution in [0.1, 0.15) is 30.1 Å². The van der Waals surface area contributed by atoms with Gasteiger partial charge >= 0.3 is 0 Å². The minimum absolute atomic E-state index is 0.175. The van der Waals surface area contributed by atoms with Gasteiger partial charge < -0.3 is 19.5 Å². The number of benzene rings is 2. The smallest absolute Gasteiger partial charge is 0.251 e. The van der Waals surface area contributed by atoms with Gasteiger partial charge in [0.2, 0.25) is 5.88 Å². The van der Waals surface area contributed by atoms with Gasteiger partial charge in [0.05, 0.1) is 20.3 Å². The summed E-state index contributed by atoms with van der Waals surface area (Å²) in [6, 6.07) is 18.1. The molecule has 1 amide bonds. The van der Waals surface area contributed by atoms with Crippen LogP contribution in [0.4, 0.5) is 0 Å². The first-order valence-corrected chi connectivity index (χ1v) is 11.2. The Morgan fingerprint density at radius 1 is 0.971 bits per heavy atom. The van der Waals surface area contributed by atoms with Crippen molar-refractivity contribution in [1.82, 2.24) is 25.1 Å². The second-order valence-corrected chi connectivity index (χ2v) is 7.53. The van der Waals surface area contributed by atoms with E-state index >= 15 is 0 Å². The molecule has 9 heteroatoms. The van der Waals surface area contributed by atoms with Crippen LogP contribution in [0.3, 0.4) is 0 Å². The van der Waals surface area contributed by atoms with Crippen LogP contribution in [-0.4, -0.2) is 52.6 Å². The van der Waals surface area contributed by atoms with E-state index in [4.69, 9.17) is 14.2 Å². The number of aromatic nitrogens is 4. The second-order valence-electron chi connectivity index (χ2n) is 7.53. The summed E-state index contributed by atoms with van der Waals surface area (Å²) in [5.41, 5.74) is 1.99. The molecule has 2 aromatic heterocycles. The number of hydrogen-bond acceptors (Lipinski definition) is 7. The van der Waals surface area contributed by atoms with Gasteiger partial charge in [-0.2, -0.15) is 4.52 Å². The van der Waals surface area contributed by atoms with Crippen molar-refractivity contribution in [3.05, 3.63) is 66.2 Å². The van der Waals surface area contributed by atoms with Crippen molar-refractivity contribution in [1.29, 1.82) is 0 Å². The van der Waals surface area contributed by atoms with Gasteiger partial charge in [-0.1, -0.05) is 25.5 Å². The summed E-state index contributed by atoms with van der Waals surface area (Å²) in [6.45, 7) is 3.39. The molecule has 2 heterocycles. The zero-order chi connectivity index (χ0) is 23.8. The normalized spacial score (nSPS) is 10.8. The molecule has 1 N–H and O–H groups in total. The maximum Gasteiger partial charge on any atom is 0.251 e. The van der Waals surface area contributed by atoms with Gasteiger partial charge in [0.25, 0.3) is 5.91 Å². The lowest BCUT2D eigenvalue weighted by Crippen LogP contribution is -2.28. The van der Waals surface area contributed by atoms with E-state index < -0.39 is 0 Å². The van der Waals surface area contributed by atoms with E-state index in [0.29, 0.717) is 36.1 Å². The molecular weight excluding hydrogens is 434 g/mol. The summed E-state index contributed by atoms with van der Waals surface area (Å²) in [5.74, 6) is 2.29. The molecule has 9 nitrogen and oxygen atoms in total. The van der Waals surface area contributed by atoms with Gasteiger partial charge in [-0.15, -0.1) is 15.3 Å². The fourth-order valence-corrected chi connectivity index (χ4v) is 3.25. The summed E-state index contributed by atoms with van der Waals surface area (Å²) in [5, 5.41) is 15.7. The first-order chi connectivity index (χ1) is 16.7. The van der Waals surface area contributed by atoms with E-state index in [1.54, 1.807) is 48.0 Å². The number of hydrogen-bond donors (Lipinski definition) is 1. The molecule has 2 aromatic carbocycles. The highest BCUT2D eigenvalue weighted by atomic mass is 16.5. The first kappa shape index (κ1) is 23.0. The molecule has 0 atom stereocenters. The Morgan fingerprint density at radius 3 is 2.62 bits per heavy atom. The lowest BCUT2D eigenvalue weighted by Gasteiger charge is -2.09. The van der Waals surface area contributed by atoms with Crippen molar-refractivity contribution in [3.63, 3.8) is 0 Å². The van der Waals surface area contributed by atoms with Crippen LogP contribution in [0.25, 0.3) is 17.0 Å². The molecule has 34 heavy (non-hydrogen) atoms. The zero-order valence-electron chi connectivity index (χ0n) is 19.2. The summed E-state index contributed by atoms with van der Waals surface area (Å²) in [4.78, 5) is 12.4. The van der Waals surface area contributed by atoms with E-state index in [1.807, 2.05) is 24.3 Å². The standard InChI is InChI=1S/C25H27N5O4/c1-3-4-15-33-20-10-8-18(9-11-20)25(31)26-14-16-34-23-13-12-22-27-28-24(30(22)29-23)19-6-5-7-21(17-19)32-2/h5-13,17H,3-4,14-16H2,1-2H3,(H,26,31). The van der Waals surface area contributed by atoms with Crippen LogP contribution in [0, 0.1) is 0 Å². The Bertz CT molecular complexity index is 1240. The number of amides is 1. The lowest BCUT2D eigenvalue weighted by atomic mass is 10.2. The Kier molecular flexibility index (Phi) is 7.54. The van der Waals surface area contributed by atoms with Crippen LogP contribution in [0.2, 0.25) is 0 Å². The molecule has 176 valence electrons. The molecule has 0 saturated heterocycles. The number of ether oxygens (including phenoxy) is 3. The molecule has 4 rings (SSSR count). The fraction of sp³-hybridized carbons (Fsp3) is 0.280. The fourth-order valence-electron chi connectivity index (χ4n) is 3.25. The number of carbonyl (C=O) groups excluding carboxylic acids is 1. The maximum atomic E-state index is 12.4. The minimum atomic E-state index is -0.175. The number of methoxy groups -OCH3 is 1. The summed E-state index contributed by atoms with van der Waals surface area (Å²) in [6.07, 6.45) is 2.08. The van der Waals surface area contributed by atoms with Crippen LogP contribution in [-0.2, 0) is 0 Å². The van der Waals surface area contributed by atoms with Crippen LogP contribution >= 0.6 is 0 Å². The average molecular weight is 462 g/mol. The van der Waals surface area contributed by atoms with Crippen LogP contribution < -0.4 is 19.5 Å². The molecule has 0 aliphatic carbocycles. The van der Waals surface area contributed by atoms with E-state index in [2.05, 4.69) is 27.5 Å². The van der Waals surface area contributed by atoms with Gasteiger partial charge in [-0.05, 0) is 48.9 Å². The molecule has 4 aromatic rings. The number of fused-ring (bicyclic) bond motifs is 1. The van der Waals surface area contributed by atoms with Gasteiger partial charge in [0, 0.05) is 17.2 Å². The van der Waals surface area contributed by atoms with Crippen LogP contribution in [0.15, 0.2) is 60.7 Å². The van der Waals surface area contributed by atoms with Gasteiger partial charge in [-0.25, -0.2) is 0 Å². The van der Waals surface area contributed by atoms with E-state index in [-0.39, 0.29) is 12.5 Å². The third-order valence-electron chi connectivity index (χ3n) is 5.09. The summed E-state index contributed by atoms with van der Waals surface area (Å²) >= 11 is 0. The second kappa shape index (κ2) is 11.1. The maximum absolute atomic E-state index is 12.4. The molecule has 0 saturated carbocycles. The number of carbonyl (C=O) groups is 1. The number of unbranched alkanes of at least 4 members (excludes halogenated alkanes) is 1. The van der Waals surface area contributed by atoms with Crippen molar-refractivity contribution in [2.45, 2.75) is 19.8 Å². The van der Waals surface area contributed by atoms with Crippen molar-refractivity contribution >= 4 is 11.6 Å². The Hall–Kier alpha value is -4.14. The van der Waals surface area contributed by atoms with Crippen molar-refractivity contribution in [3.8, 4) is 28.8 Å². The third kappa shape index (κ3) is 5.61. The van der Waals surface area contributed by atoms with E-state index in [0.717, 1.165) is 29.9 Å². The Labute approximate surface area is 197 Å². The highest BCUT2D eigenvalue weighted by molar-refractivity contribution is 5.94. The van der Waals surface area contributed by atoms with Gasteiger partial charge in [0.15, 0.2) is 11.5 Å². The van der Waals surface area contributed by atoms with Crippen molar-refractivity contribution in [2.24, 2.45) is 0 Å². The molecular formula is C25H27N5O4. The zero-order valence-corrected chi connectivity index (χ0v) is 19.2. The monoisotopic (exact) mass is 461 g/mol. The quantitative estimate of drug-likeness (QED) is 0.339. The third-order valence-corrected chi connectivity index (χ3v) is 5.09. The molecule has 0 bridgehead atoms. The van der Waals surface area contributed by atoms with E-state index in [9.17, 15) is 4.79 Å². The SMILES string of the molecule is CCCCOc1ccc(C(=O)NCCOc2ccc3nnc(-c4cccc(OC)c4)n3n2)cc1. The predicted molar refractivity (Wildman–Crippen MR) is 127 cm³/mol. The number of nitrogens with one attached hydrogen (secondary N) is 1. The highest BCUT2D eigenvalue weighted by Gasteiger charge is 2.12. The topological polar surface area (TPSA) is 99.9 Å². The number of nitrogens with zero attached hydrogens (tertiary/aromatic N) is 4. The largest absolute Gasteiger partial charge is 0.497 e. The van der Waals surface area contributed by atoms with Gasteiger partial charge in [-0.3, -0.25) is 4.79 Å². The molecule has 0 aliphatic heterocycles. The number of rotatable bonds is 11. The average Bonchev–Trinajstić information content (AvgIpc) is 3.30. The highest BCUT2D eigenvalue weighted by Crippen LogP contribution is 2.23. The summed E-state index contributed by atoms with van der Waals surface area (Å²) < 4.78 is 18.3. The van der Waals surface area contributed by atoms with Crippen molar-refractivity contribution in [2.75, 3.05) is 26.9 Å². The summed E-state index contributed by atoms with van der Waals surface area (Å²) in [7, 11) is 1.61. The predicted octanol–water partition coefficient (Wildman–Crippen LogP) is 3.79. The minimum Gasteiger partial charge on any atom is -0.497 e. The molecule has 0 spiro atoms.